The number of rotatable bonds is 8. The fourth-order valence-electron chi connectivity index (χ4n) is 2.13. The fraction of sp³-hybridized carbons (Fsp3) is 0.625. The van der Waals surface area contributed by atoms with Crippen LogP contribution in [0, 0.1) is 5.92 Å². The summed E-state index contributed by atoms with van der Waals surface area (Å²) in [7, 11) is 0. The van der Waals surface area contributed by atoms with E-state index in [1.54, 1.807) is 12.1 Å². The Labute approximate surface area is 111 Å². The molecule has 2 N–H and O–H groups in total. The van der Waals surface area contributed by atoms with Crippen LogP contribution in [0.25, 0.3) is 0 Å². The summed E-state index contributed by atoms with van der Waals surface area (Å²) in [5.41, 5.74) is 1.28. The van der Waals surface area contributed by atoms with Crippen LogP contribution in [0.15, 0.2) is 24.3 Å². The third-order valence-electron chi connectivity index (χ3n) is 3.66. The molecule has 0 bridgehead atoms. The minimum Gasteiger partial charge on any atom is -0.508 e. The molecule has 0 saturated carbocycles. The van der Waals surface area contributed by atoms with E-state index in [0.29, 0.717) is 11.8 Å². The van der Waals surface area contributed by atoms with Crippen LogP contribution in [0.4, 0.5) is 0 Å². The standard InChI is InChI=1S/C16H27NO/c1-4-13(3)12-15(5-2)17-11-10-14-6-8-16(18)9-7-14/h6-9,13,15,17-18H,4-5,10-12H2,1-3H3. The van der Waals surface area contributed by atoms with Crippen LogP contribution in [-0.4, -0.2) is 17.7 Å². The van der Waals surface area contributed by atoms with E-state index in [1.165, 1.54) is 24.8 Å². The van der Waals surface area contributed by atoms with Gasteiger partial charge in [-0.25, -0.2) is 0 Å². The summed E-state index contributed by atoms with van der Waals surface area (Å²) in [4.78, 5) is 0. The summed E-state index contributed by atoms with van der Waals surface area (Å²) >= 11 is 0. The second-order valence-electron chi connectivity index (χ2n) is 5.22. The zero-order valence-corrected chi connectivity index (χ0v) is 11.9. The Morgan fingerprint density at radius 1 is 1.11 bits per heavy atom. The van der Waals surface area contributed by atoms with Gasteiger partial charge in [-0.3, -0.25) is 0 Å². The SMILES string of the molecule is CCC(C)CC(CC)NCCc1ccc(O)cc1. The normalized spacial score (nSPS) is 14.4. The smallest absolute Gasteiger partial charge is 0.115 e. The number of hydrogen-bond donors (Lipinski definition) is 2. The van der Waals surface area contributed by atoms with E-state index in [2.05, 4.69) is 26.1 Å². The Morgan fingerprint density at radius 2 is 1.78 bits per heavy atom. The molecule has 0 aliphatic carbocycles. The predicted octanol–water partition coefficient (Wildman–Crippen LogP) is 3.74. The molecule has 1 aromatic rings. The monoisotopic (exact) mass is 249 g/mol. The number of nitrogens with one attached hydrogen (secondary N) is 1. The molecule has 2 atom stereocenters. The van der Waals surface area contributed by atoms with Crippen molar-refractivity contribution in [3.8, 4) is 5.75 Å². The minimum atomic E-state index is 0.343. The summed E-state index contributed by atoms with van der Waals surface area (Å²) < 4.78 is 0. The minimum absolute atomic E-state index is 0.343. The molecule has 0 heterocycles. The van der Waals surface area contributed by atoms with Crippen molar-refractivity contribution < 1.29 is 5.11 Å². The van der Waals surface area contributed by atoms with Gasteiger partial charge in [0, 0.05) is 6.04 Å². The highest BCUT2D eigenvalue weighted by Gasteiger charge is 2.09. The Bertz CT molecular complexity index is 320. The van der Waals surface area contributed by atoms with Crippen molar-refractivity contribution in [2.45, 2.75) is 52.5 Å². The molecular formula is C16H27NO. The van der Waals surface area contributed by atoms with Gasteiger partial charge in [-0.1, -0.05) is 39.3 Å². The Morgan fingerprint density at radius 3 is 2.33 bits per heavy atom. The van der Waals surface area contributed by atoms with Crippen LogP contribution in [0.3, 0.4) is 0 Å². The average Bonchev–Trinajstić information content (AvgIpc) is 2.39. The topological polar surface area (TPSA) is 32.3 Å². The number of phenolic OH excluding ortho intramolecular Hbond substituents is 1. The molecule has 0 radical (unpaired) electrons. The van der Waals surface area contributed by atoms with E-state index in [9.17, 15) is 5.11 Å². The van der Waals surface area contributed by atoms with Crippen molar-refractivity contribution in [3.05, 3.63) is 29.8 Å². The molecule has 0 aliphatic heterocycles. The third kappa shape index (κ3) is 5.54. The molecule has 2 nitrogen and oxygen atoms in total. The summed E-state index contributed by atoms with van der Waals surface area (Å²) in [6.07, 6.45) is 4.75. The van der Waals surface area contributed by atoms with Gasteiger partial charge in [0.25, 0.3) is 0 Å². The zero-order chi connectivity index (χ0) is 13.4. The Kier molecular flexibility index (Phi) is 6.81. The van der Waals surface area contributed by atoms with Crippen LogP contribution in [0.1, 0.15) is 45.6 Å². The molecule has 102 valence electrons. The number of aromatic hydroxyl groups is 1. The van der Waals surface area contributed by atoms with Gasteiger partial charge in [0.1, 0.15) is 5.75 Å². The first-order valence-corrected chi connectivity index (χ1v) is 7.17. The van der Waals surface area contributed by atoms with Crippen LogP contribution < -0.4 is 5.32 Å². The number of hydrogen-bond acceptors (Lipinski definition) is 2. The number of phenols is 1. The zero-order valence-electron chi connectivity index (χ0n) is 11.9. The van der Waals surface area contributed by atoms with Gasteiger partial charge in [0.2, 0.25) is 0 Å². The molecule has 0 fully saturated rings. The van der Waals surface area contributed by atoms with Crippen LogP contribution >= 0.6 is 0 Å². The fourth-order valence-corrected chi connectivity index (χ4v) is 2.13. The van der Waals surface area contributed by atoms with Crippen molar-refractivity contribution in [1.82, 2.24) is 5.32 Å². The average molecular weight is 249 g/mol. The lowest BCUT2D eigenvalue weighted by molar-refractivity contribution is 0.387. The molecule has 0 spiro atoms. The lowest BCUT2D eigenvalue weighted by Gasteiger charge is -2.20. The van der Waals surface area contributed by atoms with Gasteiger partial charge in [-0.05, 0) is 49.4 Å². The molecule has 0 saturated heterocycles. The van der Waals surface area contributed by atoms with Gasteiger partial charge >= 0.3 is 0 Å². The second kappa shape index (κ2) is 8.15. The van der Waals surface area contributed by atoms with Crippen molar-refractivity contribution in [3.63, 3.8) is 0 Å². The van der Waals surface area contributed by atoms with E-state index in [0.717, 1.165) is 18.9 Å². The molecule has 18 heavy (non-hydrogen) atoms. The maximum absolute atomic E-state index is 9.22. The Hall–Kier alpha value is -1.02. The first kappa shape index (κ1) is 15.0. The first-order chi connectivity index (χ1) is 8.65. The van der Waals surface area contributed by atoms with E-state index in [1.807, 2.05) is 12.1 Å². The number of benzene rings is 1. The van der Waals surface area contributed by atoms with Crippen molar-refractivity contribution in [2.24, 2.45) is 5.92 Å². The van der Waals surface area contributed by atoms with Gasteiger partial charge in [0.15, 0.2) is 0 Å². The molecule has 0 amide bonds. The van der Waals surface area contributed by atoms with Crippen LogP contribution in [0.2, 0.25) is 0 Å². The van der Waals surface area contributed by atoms with Crippen LogP contribution in [-0.2, 0) is 6.42 Å². The van der Waals surface area contributed by atoms with Gasteiger partial charge in [-0.15, -0.1) is 0 Å². The molecule has 0 aromatic heterocycles. The van der Waals surface area contributed by atoms with Gasteiger partial charge < -0.3 is 10.4 Å². The van der Waals surface area contributed by atoms with Crippen molar-refractivity contribution in [1.29, 1.82) is 0 Å². The van der Waals surface area contributed by atoms with Crippen LogP contribution in [0.5, 0.6) is 5.75 Å². The van der Waals surface area contributed by atoms with Crippen molar-refractivity contribution in [2.75, 3.05) is 6.54 Å². The highest BCUT2D eigenvalue weighted by atomic mass is 16.3. The summed E-state index contributed by atoms with van der Waals surface area (Å²) in [6.45, 7) is 7.85. The van der Waals surface area contributed by atoms with Gasteiger partial charge in [-0.2, -0.15) is 0 Å². The lowest BCUT2D eigenvalue weighted by Crippen LogP contribution is -2.31. The highest BCUT2D eigenvalue weighted by Crippen LogP contribution is 2.13. The highest BCUT2D eigenvalue weighted by molar-refractivity contribution is 5.25. The van der Waals surface area contributed by atoms with E-state index >= 15 is 0 Å². The van der Waals surface area contributed by atoms with E-state index in [-0.39, 0.29) is 0 Å². The quantitative estimate of drug-likeness (QED) is 0.735. The maximum Gasteiger partial charge on any atom is 0.115 e. The summed E-state index contributed by atoms with van der Waals surface area (Å²) in [6, 6.07) is 8.13. The first-order valence-electron chi connectivity index (χ1n) is 7.17. The van der Waals surface area contributed by atoms with E-state index < -0.39 is 0 Å². The lowest BCUT2D eigenvalue weighted by atomic mass is 9.97. The molecule has 1 rings (SSSR count). The maximum atomic E-state index is 9.22. The summed E-state index contributed by atoms with van der Waals surface area (Å²) in [5.74, 6) is 1.14. The molecule has 2 heteroatoms. The third-order valence-corrected chi connectivity index (χ3v) is 3.66. The predicted molar refractivity (Wildman–Crippen MR) is 78.0 cm³/mol. The van der Waals surface area contributed by atoms with E-state index in [4.69, 9.17) is 0 Å². The van der Waals surface area contributed by atoms with Crippen molar-refractivity contribution >= 4 is 0 Å². The second-order valence-corrected chi connectivity index (χ2v) is 5.22. The summed E-state index contributed by atoms with van der Waals surface area (Å²) in [5, 5.41) is 12.9. The molecule has 0 aliphatic rings. The molecule has 1 aromatic carbocycles. The van der Waals surface area contributed by atoms with Gasteiger partial charge in [0.05, 0.1) is 0 Å². The molecule has 2 unspecified atom stereocenters. The Balaban J connectivity index is 2.28. The largest absolute Gasteiger partial charge is 0.508 e. The molecular weight excluding hydrogens is 222 g/mol.